The molecule has 1 aliphatic heterocycles. The zero-order chi connectivity index (χ0) is 10.7. The lowest BCUT2D eigenvalue weighted by atomic mass is 9.92. The van der Waals surface area contributed by atoms with E-state index in [2.05, 4.69) is 19.2 Å². The fraction of sp³-hybridized carbons (Fsp3) is 1.00. The molecule has 2 heteroatoms. The third-order valence-electron chi connectivity index (χ3n) is 3.89. The van der Waals surface area contributed by atoms with Crippen LogP contribution in [-0.2, 0) is 4.74 Å². The highest BCUT2D eigenvalue weighted by atomic mass is 16.5. The summed E-state index contributed by atoms with van der Waals surface area (Å²) in [6.45, 7) is 6.90. The van der Waals surface area contributed by atoms with E-state index >= 15 is 0 Å². The minimum absolute atomic E-state index is 0.548. The van der Waals surface area contributed by atoms with Crippen LogP contribution in [-0.4, -0.2) is 25.3 Å². The molecule has 1 saturated heterocycles. The summed E-state index contributed by atoms with van der Waals surface area (Å²) in [6.07, 6.45) is 8.38. The number of hydrogen-bond donors (Lipinski definition) is 1. The summed E-state index contributed by atoms with van der Waals surface area (Å²) < 4.78 is 5.62. The van der Waals surface area contributed by atoms with Gasteiger partial charge in [0.05, 0.1) is 6.10 Å². The molecule has 0 spiro atoms. The second kappa shape index (κ2) is 4.84. The highest BCUT2D eigenvalue weighted by molar-refractivity contribution is 4.86. The predicted molar refractivity (Wildman–Crippen MR) is 63.0 cm³/mol. The van der Waals surface area contributed by atoms with E-state index in [4.69, 9.17) is 4.74 Å². The Bertz CT molecular complexity index is 197. The standard InChI is InChI=1S/C13H25NO/c1-13(2)7-5-11(10-13)14-8-6-12-4-3-9-15-12/h11-12,14H,3-10H2,1-2H3. The maximum Gasteiger partial charge on any atom is 0.0588 e. The molecule has 0 aromatic carbocycles. The number of rotatable bonds is 4. The van der Waals surface area contributed by atoms with Crippen LogP contribution in [0.25, 0.3) is 0 Å². The maximum absolute atomic E-state index is 5.62. The highest BCUT2D eigenvalue weighted by Gasteiger charge is 2.30. The van der Waals surface area contributed by atoms with E-state index in [9.17, 15) is 0 Å². The normalized spacial score (nSPS) is 34.8. The predicted octanol–water partition coefficient (Wildman–Crippen LogP) is 2.72. The first kappa shape index (κ1) is 11.4. The van der Waals surface area contributed by atoms with Gasteiger partial charge in [0.1, 0.15) is 0 Å². The van der Waals surface area contributed by atoms with Crippen molar-refractivity contribution in [1.82, 2.24) is 5.32 Å². The Morgan fingerprint density at radius 3 is 2.80 bits per heavy atom. The topological polar surface area (TPSA) is 21.3 Å². The lowest BCUT2D eigenvalue weighted by Crippen LogP contribution is -2.30. The van der Waals surface area contributed by atoms with Crippen molar-refractivity contribution in [2.24, 2.45) is 5.41 Å². The summed E-state index contributed by atoms with van der Waals surface area (Å²) in [6, 6.07) is 0.765. The summed E-state index contributed by atoms with van der Waals surface area (Å²) in [5.41, 5.74) is 0.571. The Hall–Kier alpha value is -0.0800. The van der Waals surface area contributed by atoms with E-state index in [0.717, 1.165) is 19.2 Å². The zero-order valence-electron chi connectivity index (χ0n) is 10.2. The highest BCUT2D eigenvalue weighted by Crippen LogP contribution is 2.36. The Morgan fingerprint density at radius 1 is 1.33 bits per heavy atom. The average molecular weight is 211 g/mol. The van der Waals surface area contributed by atoms with Crippen molar-refractivity contribution < 1.29 is 4.74 Å². The molecule has 1 saturated carbocycles. The maximum atomic E-state index is 5.62. The van der Waals surface area contributed by atoms with Gasteiger partial charge in [-0.15, -0.1) is 0 Å². The lowest BCUT2D eigenvalue weighted by molar-refractivity contribution is 0.103. The van der Waals surface area contributed by atoms with Crippen molar-refractivity contribution in [2.75, 3.05) is 13.2 Å². The summed E-state index contributed by atoms with van der Waals surface area (Å²) >= 11 is 0. The van der Waals surface area contributed by atoms with Crippen LogP contribution < -0.4 is 5.32 Å². The van der Waals surface area contributed by atoms with Crippen molar-refractivity contribution in [1.29, 1.82) is 0 Å². The third kappa shape index (κ3) is 3.46. The van der Waals surface area contributed by atoms with Crippen molar-refractivity contribution >= 4 is 0 Å². The molecule has 0 radical (unpaired) electrons. The average Bonchev–Trinajstić information content (AvgIpc) is 2.76. The fourth-order valence-corrected chi connectivity index (χ4v) is 2.93. The first-order chi connectivity index (χ1) is 7.16. The zero-order valence-corrected chi connectivity index (χ0v) is 10.2. The van der Waals surface area contributed by atoms with Gasteiger partial charge >= 0.3 is 0 Å². The van der Waals surface area contributed by atoms with Gasteiger partial charge in [-0.25, -0.2) is 0 Å². The SMILES string of the molecule is CC1(C)CCC(NCCC2CCCO2)C1. The second-order valence-corrected chi connectivity index (χ2v) is 5.98. The van der Waals surface area contributed by atoms with Gasteiger partial charge in [0, 0.05) is 12.6 Å². The molecule has 0 aromatic rings. The molecule has 2 nitrogen and oxygen atoms in total. The van der Waals surface area contributed by atoms with Crippen LogP contribution in [0.3, 0.4) is 0 Å². The van der Waals surface area contributed by atoms with Crippen LogP contribution >= 0.6 is 0 Å². The Morgan fingerprint density at radius 2 is 2.20 bits per heavy atom. The number of hydrogen-bond acceptors (Lipinski definition) is 2. The van der Waals surface area contributed by atoms with Crippen LogP contribution in [0, 0.1) is 5.41 Å². The minimum Gasteiger partial charge on any atom is -0.378 e. The van der Waals surface area contributed by atoms with Gasteiger partial charge in [-0.2, -0.15) is 0 Å². The molecule has 0 aromatic heterocycles. The Labute approximate surface area is 93.8 Å². The van der Waals surface area contributed by atoms with Crippen LogP contribution in [0.1, 0.15) is 52.4 Å². The molecular formula is C13H25NO. The van der Waals surface area contributed by atoms with Crippen LogP contribution in [0.15, 0.2) is 0 Å². The minimum atomic E-state index is 0.548. The molecule has 15 heavy (non-hydrogen) atoms. The van der Waals surface area contributed by atoms with E-state index in [0.29, 0.717) is 11.5 Å². The summed E-state index contributed by atoms with van der Waals surface area (Å²) in [7, 11) is 0. The van der Waals surface area contributed by atoms with E-state index in [1.165, 1.54) is 38.5 Å². The van der Waals surface area contributed by atoms with E-state index in [1.54, 1.807) is 0 Å². The summed E-state index contributed by atoms with van der Waals surface area (Å²) in [5, 5.41) is 3.68. The molecule has 1 heterocycles. The quantitative estimate of drug-likeness (QED) is 0.772. The van der Waals surface area contributed by atoms with Gasteiger partial charge in [-0.3, -0.25) is 0 Å². The fourth-order valence-electron chi connectivity index (χ4n) is 2.93. The summed E-state index contributed by atoms with van der Waals surface area (Å²) in [5.74, 6) is 0. The van der Waals surface area contributed by atoms with Crippen molar-refractivity contribution in [3.05, 3.63) is 0 Å². The van der Waals surface area contributed by atoms with Gasteiger partial charge in [0.15, 0.2) is 0 Å². The molecule has 2 atom stereocenters. The van der Waals surface area contributed by atoms with Gasteiger partial charge in [0.25, 0.3) is 0 Å². The van der Waals surface area contributed by atoms with Crippen molar-refractivity contribution in [3.63, 3.8) is 0 Å². The van der Waals surface area contributed by atoms with E-state index in [-0.39, 0.29) is 0 Å². The molecule has 0 bridgehead atoms. The van der Waals surface area contributed by atoms with Crippen LogP contribution in [0.5, 0.6) is 0 Å². The molecule has 1 aliphatic carbocycles. The number of ether oxygens (including phenoxy) is 1. The molecule has 1 N–H and O–H groups in total. The summed E-state index contributed by atoms with van der Waals surface area (Å²) in [4.78, 5) is 0. The molecule has 2 aliphatic rings. The molecule has 0 amide bonds. The van der Waals surface area contributed by atoms with E-state index < -0.39 is 0 Å². The molecule has 2 fully saturated rings. The molecule has 2 rings (SSSR count). The lowest BCUT2D eigenvalue weighted by Gasteiger charge is -2.18. The van der Waals surface area contributed by atoms with Crippen LogP contribution in [0.2, 0.25) is 0 Å². The van der Waals surface area contributed by atoms with Crippen molar-refractivity contribution in [3.8, 4) is 0 Å². The first-order valence-electron chi connectivity index (χ1n) is 6.51. The van der Waals surface area contributed by atoms with Gasteiger partial charge in [0.2, 0.25) is 0 Å². The molecule has 88 valence electrons. The molecular weight excluding hydrogens is 186 g/mol. The second-order valence-electron chi connectivity index (χ2n) is 5.98. The third-order valence-corrected chi connectivity index (χ3v) is 3.89. The van der Waals surface area contributed by atoms with Gasteiger partial charge in [-0.1, -0.05) is 13.8 Å². The number of nitrogens with one attached hydrogen (secondary N) is 1. The largest absolute Gasteiger partial charge is 0.378 e. The monoisotopic (exact) mass is 211 g/mol. The molecule has 2 unspecified atom stereocenters. The Kier molecular flexibility index (Phi) is 3.68. The van der Waals surface area contributed by atoms with Gasteiger partial charge in [-0.05, 0) is 50.5 Å². The van der Waals surface area contributed by atoms with Crippen LogP contribution in [0.4, 0.5) is 0 Å². The van der Waals surface area contributed by atoms with Crippen molar-refractivity contribution in [2.45, 2.75) is 64.5 Å². The Balaban J connectivity index is 1.58. The van der Waals surface area contributed by atoms with E-state index in [1.807, 2.05) is 0 Å². The smallest absolute Gasteiger partial charge is 0.0588 e. The van der Waals surface area contributed by atoms with Gasteiger partial charge < -0.3 is 10.1 Å². The first-order valence-corrected chi connectivity index (χ1v) is 6.51.